The summed E-state index contributed by atoms with van der Waals surface area (Å²) in [5.41, 5.74) is 0.903. The molecular weight excluding hydrogens is 320 g/mol. The molecule has 0 atom stereocenters. The number of esters is 1. The quantitative estimate of drug-likeness (QED) is 0.394. The molecule has 5 heteroatoms. The van der Waals surface area contributed by atoms with Crippen LogP contribution in [0, 0.1) is 5.92 Å². The first kappa shape index (κ1) is 18.8. The van der Waals surface area contributed by atoms with Crippen LogP contribution in [-0.2, 0) is 14.3 Å². The molecular formula is C17H21ClO3S. The Morgan fingerprint density at radius 1 is 1.27 bits per heavy atom. The van der Waals surface area contributed by atoms with E-state index in [1.165, 1.54) is 6.92 Å². The lowest BCUT2D eigenvalue weighted by Crippen LogP contribution is -2.10. The molecule has 22 heavy (non-hydrogen) atoms. The predicted molar refractivity (Wildman–Crippen MR) is 93.0 cm³/mol. The molecule has 0 heterocycles. The fourth-order valence-corrected chi connectivity index (χ4v) is 2.68. The van der Waals surface area contributed by atoms with Crippen LogP contribution in [0.1, 0.15) is 32.8 Å². The Kier molecular flexibility index (Phi) is 8.28. The Morgan fingerprint density at radius 3 is 2.45 bits per heavy atom. The SMILES string of the molecule is CC(=O)CC(=O)O/C(=C/c1ccc(Cl)cc1)CSCC(C)C. The Labute approximate surface area is 141 Å². The normalized spacial score (nSPS) is 11.6. The lowest BCUT2D eigenvalue weighted by molar-refractivity contribution is -0.141. The van der Waals surface area contributed by atoms with Gasteiger partial charge < -0.3 is 4.74 Å². The highest BCUT2D eigenvalue weighted by atomic mass is 35.5. The number of thioether (sulfide) groups is 1. The number of hydrogen-bond acceptors (Lipinski definition) is 4. The van der Waals surface area contributed by atoms with Gasteiger partial charge in [-0.25, -0.2) is 0 Å². The number of hydrogen-bond donors (Lipinski definition) is 0. The molecule has 0 spiro atoms. The van der Waals surface area contributed by atoms with E-state index in [2.05, 4.69) is 13.8 Å². The summed E-state index contributed by atoms with van der Waals surface area (Å²) in [5, 5.41) is 0.654. The summed E-state index contributed by atoms with van der Waals surface area (Å²) in [5.74, 6) is 1.96. The molecule has 0 aromatic heterocycles. The number of ether oxygens (including phenoxy) is 1. The standard InChI is InChI=1S/C17H21ClO3S/c1-12(2)10-22-11-16(21-17(20)8-13(3)19)9-14-4-6-15(18)7-5-14/h4-7,9,12H,8,10-11H2,1-3H3/b16-9+. The number of Topliss-reactive ketones (excluding diaryl/α,β-unsaturated/α-hetero) is 1. The van der Waals surface area contributed by atoms with E-state index in [1.54, 1.807) is 23.9 Å². The molecule has 120 valence electrons. The molecule has 3 nitrogen and oxygen atoms in total. The van der Waals surface area contributed by atoms with E-state index < -0.39 is 5.97 Å². The van der Waals surface area contributed by atoms with Crippen LogP contribution in [0.4, 0.5) is 0 Å². The van der Waals surface area contributed by atoms with Crippen LogP contribution < -0.4 is 0 Å². The monoisotopic (exact) mass is 340 g/mol. The summed E-state index contributed by atoms with van der Waals surface area (Å²) in [6, 6.07) is 7.27. The molecule has 0 unspecified atom stereocenters. The van der Waals surface area contributed by atoms with Crippen LogP contribution in [0.5, 0.6) is 0 Å². The summed E-state index contributed by atoms with van der Waals surface area (Å²) in [7, 11) is 0. The second-order valence-corrected chi connectivity index (χ2v) is 6.89. The van der Waals surface area contributed by atoms with Gasteiger partial charge in [-0.05, 0) is 42.4 Å². The van der Waals surface area contributed by atoms with Crippen molar-refractivity contribution < 1.29 is 14.3 Å². The van der Waals surface area contributed by atoms with Gasteiger partial charge in [0.1, 0.15) is 18.0 Å². The van der Waals surface area contributed by atoms with Crippen LogP contribution >= 0.6 is 23.4 Å². The molecule has 0 saturated heterocycles. The molecule has 0 aliphatic heterocycles. The molecule has 1 rings (SSSR count). The van der Waals surface area contributed by atoms with Crippen molar-refractivity contribution in [1.82, 2.24) is 0 Å². The highest BCUT2D eigenvalue weighted by molar-refractivity contribution is 7.99. The number of carbonyl (C=O) groups excluding carboxylic acids is 2. The van der Waals surface area contributed by atoms with Crippen molar-refractivity contribution in [2.24, 2.45) is 5.92 Å². The molecule has 0 aliphatic carbocycles. The van der Waals surface area contributed by atoms with E-state index in [-0.39, 0.29) is 12.2 Å². The Bertz CT molecular complexity index is 535. The van der Waals surface area contributed by atoms with E-state index in [1.807, 2.05) is 18.2 Å². The van der Waals surface area contributed by atoms with Gasteiger partial charge in [0.25, 0.3) is 0 Å². The number of ketones is 1. The highest BCUT2D eigenvalue weighted by Crippen LogP contribution is 2.18. The fraction of sp³-hybridized carbons (Fsp3) is 0.412. The van der Waals surface area contributed by atoms with E-state index in [0.717, 1.165) is 11.3 Å². The summed E-state index contributed by atoms with van der Waals surface area (Å²) in [4.78, 5) is 22.7. The largest absolute Gasteiger partial charge is 0.430 e. The second kappa shape index (κ2) is 9.70. The first-order valence-corrected chi connectivity index (χ1v) is 8.64. The zero-order valence-corrected chi connectivity index (χ0v) is 14.7. The third-order valence-electron chi connectivity index (χ3n) is 2.53. The first-order chi connectivity index (χ1) is 10.4. The maximum absolute atomic E-state index is 11.7. The van der Waals surface area contributed by atoms with E-state index >= 15 is 0 Å². The van der Waals surface area contributed by atoms with Gasteiger partial charge in [-0.3, -0.25) is 9.59 Å². The van der Waals surface area contributed by atoms with Crippen LogP contribution in [0.3, 0.4) is 0 Å². The van der Waals surface area contributed by atoms with Crippen LogP contribution in [0.15, 0.2) is 30.0 Å². The number of benzene rings is 1. The van der Waals surface area contributed by atoms with E-state index in [4.69, 9.17) is 16.3 Å². The van der Waals surface area contributed by atoms with Crippen molar-refractivity contribution in [3.05, 3.63) is 40.6 Å². The van der Waals surface area contributed by atoms with Gasteiger partial charge in [-0.15, -0.1) is 0 Å². The minimum Gasteiger partial charge on any atom is -0.430 e. The summed E-state index contributed by atoms with van der Waals surface area (Å²) in [6.45, 7) is 5.64. The lowest BCUT2D eigenvalue weighted by atomic mass is 10.2. The average Bonchev–Trinajstić information content (AvgIpc) is 2.39. The summed E-state index contributed by atoms with van der Waals surface area (Å²) < 4.78 is 5.32. The topological polar surface area (TPSA) is 43.4 Å². The summed E-state index contributed by atoms with van der Waals surface area (Å²) >= 11 is 7.56. The third kappa shape index (κ3) is 8.25. The van der Waals surface area contributed by atoms with Crippen molar-refractivity contribution in [3.63, 3.8) is 0 Å². The molecule has 0 bridgehead atoms. The maximum atomic E-state index is 11.7. The van der Waals surface area contributed by atoms with Crippen LogP contribution in [0.2, 0.25) is 5.02 Å². The van der Waals surface area contributed by atoms with Gasteiger partial charge in [0.2, 0.25) is 0 Å². The Morgan fingerprint density at radius 2 is 1.91 bits per heavy atom. The zero-order valence-electron chi connectivity index (χ0n) is 13.1. The van der Waals surface area contributed by atoms with E-state index in [9.17, 15) is 9.59 Å². The Balaban J connectivity index is 2.77. The first-order valence-electron chi connectivity index (χ1n) is 7.11. The number of rotatable bonds is 8. The molecule has 0 fully saturated rings. The Hall–Kier alpha value is -1.26. The zero-order chi connectivity index (χ0) is 16.5. The van der Waals surface area contributed by atoms with Crippen molar-refractivity contribution >= 4 is 41.2 Å². The average molecular weight is 341 g/mol. The minimum atomic E-state index is -0.516. The molecule has 0 aliphatic rings. The van der Waals surface area contributed by atoms with Gasteiger partial charge in [0, 0.05) is 5.02 Å². The second-order valence-electron chi connectivity index (χ2n) is 5.42. The molecule has 0 amide bonds. The smallest absolute Gasteiger partial charge is 0.318 e. The fourth-order valence-electron chi connectivity index (χ4n) is 1.63. The number of halogens is 1. The molecule has 1 aromatic rings. The van der Waals surface area contributed by atoms with Gasteiger partial charge in [-0.1, -0.05) is 37.6 Å². The summed E-state index contributed by atoms with van der Waals surface area (Å²) in [6.07, 6.45) is 1.61. The van der Waals surface area contributed by atoms with Crippen molar-refractivity contribution in [1.29, 1.82) is 0 Å². The maximum Gasteiger partial charge on any atom is 0.318 e. The van der Waals surface area contributed by atoms with Crippen molar-refractivity contribution in [2.75, 3.05) is 11.5 Å². The lowest BCUT2D eigenvalue weighted by Gasteiger charge is -2.10. The number of carbonyl (C=O) groups is 2. The molecule has 0 radical (unpaired) electrons. The molecule has 1 aromatic carbocycles. The highest BCUT2D eigenvalue weighted by Gasteiger charge is 2.11. The minimum absolute atomic E-state index is 0.202. The predicted octanol–water partition coefficient (Wildman–Crippen LogP) is 4.59. The van der Waals surface area contributed by atoms with Gasteiger partial charge >= 0.3 is 5.97 Å². The van der Waals surface area contributed by atoms with Crippen molar-refractivity contribution in [2.45, 2.75) is 27.2 Å². The van der Waals surface area contributed by atoms with Crippen molar-refractivity contribution in [3.8, 4) is 0 Å². The van der Waals surface area contributed by atoms with Gasteiger partial charge in [0.15, 0.2) is 0 Å². The third-order valence-corrected chi connectivity index (χ3v) is 4.17. The van der Waals surface area contributed by atoms with Gasteiger partial charge in [-0.2, -0.15) is 11.8 Å². The molecule has 0 saturated carbocycles. The van der Waals surface area contributed by atoms with Crippen LogP contribution in [0.25, 0.3) is 6.08 Å². The molecule has 0 N–H and O–H groups in total. The van der Waals surface area contributed by atoms with Gasteiger partial charge in [0.05, 0.1) is 5.75 Å². The van der Waals surface area contributed by atoms with E-state index in [0.29, 0.717) is 22.5 Å². The van der Waals surface area contributed by atoms with Crippen LogP contribution in [-0.4, -0.2) is 23.3 Å².